The molecular formula is C16H19NO5. The van der Waals surface area contributed by atoms with Crippen LogP contribution in [0.1, 0.15) is 23.7 Å². The van der Waals surface area contributed by atoms with E-state index in [1.54, 1.807) is 36.3 Å². The van der Waals surface area contributed by atoms with Gasteiger partial charge in [0.1, 0.15) is 6.10 Å². The Hall–Kier alpha value is -1.92. The lowest BCUT2D eigenvalue weighted by Crippen LogP contribution is -2.48. The molecule has 2 saturated heterocycles. The Morgan fingerprint density at radius 3 is 2.64 bits per heavy atom. The molecule has 6 heteroatoms. The zero-order valence-electron chi connectivity index (χ0n) is 12.6. The summed E-state index contributed by atoms with van der Waals surface area (Å²) in [5.41, 5.74) is 0.491. The molecule has 4 atom stereocenters. The molecule has 3 rings (SSSR count). The van der Waals surface area contributed by atoms with Crippen LogP contribution in [0.4, 0.5) is 0 Å². The van der Waals surface area contributed by atoms with E-state index in [2.05, 4.69) is 0 Å². The average molecular weight is 305 g/mol. The molecule has 2 bridgehead atoms. The summed E-state index contributed by atoms with van der Waals surface area (Å²) >= 11 is 0. The number of ether oxygens (including phenoxy) is 3. The van der Waals surface area contributed by atoms with Crippen molar-refractivity contribution >= 4 is 11.9 Å². The van der Waals surface area contributed by atoms with Gasteiger partial charge in [-0.25, -0.2) is 4.79 Å². The van der Waals surface area contributed by atoms with Crippen molar-refractivity contribution in [2.75, 3.05) is 13.7 Å². The number of carbonyl (C=O) groups excluding carboxylic acids is 2. The predicted octanol–water partition coefficient (Wildman–Crippen LogP) is 1.20. The quantitative estimate of drug-likeness (QED) is 0.785. The molecular weight excluding hydrogens is 286 g/mol. The van der Waals surface area contributed by atoms with Crippen molar-refractivity contribution in [1.29, 1.82) is 0 Å². The van der Waals surface area contributed by atoms with E-state index < -0.39 is 12.1 Å². The van der Waals surface area contributed by atoms with Gasteiger partial charge in [0, 0.05) is 20.5 Å². The van der Waals surface area contributed by atoms with Crippen molar-refractivity contribution in [1.82, 2.24) is 4.90 Å². The number of fused-ring (bicyclic) bond motifs is 2. The van der Waals surface area contributed by atoms with E-state index >= 15 is 0 Å². The number of amides is 1. The highest BCUT2D eigenvalue weighted by Gasteiger charge is 2.51. The molecule has 0 N–H and O–H groups in total. The SMILES string of the molecule is CO[C@H]1C[C@H]2[C@@H](OC(=O)c3ccccc3)[C@H](CN2C(C)=O)O1. The second kappa shape index (κ2) is 6.06. The number of esters is 1. The molecule has 1 aromatic rings. The molecule has 6 nitrogen and oxygen atoms in total. The lowest BCUT2D eigenvalue weighted by Gasteiger charge is -2.34. The summed E-state index contributed by atoms with van der Waals surface area (Å²) in [6, 6.07) is 8.61. The van der Waals surface area contributed by atoms with E-state index in [0.717, 1.165) is 0 Å². The molecule has 0 unspecified atom stereocenters. The highest BCUT2D eigenvalue weighted by atomic mass is 16.7. The molecule has 0 spiro atoms. The maximum atomic E-state index is 12.2. The fourth-order valence-corrected chi connectivity index (χ4v) is 3.12. The van der Waals surface area contributed by atoms with Crippen LogP contribution >= 0.6 is 0 Å². The standard InChI is InChI=1S/C16H19NO5/c1-10(18)17-9-13-15(12(17)8-14(20-2)21-13)22-16(19)11-6-4-3-5-7-11/h3-7,12-15H,8-9H2,1-2H3/t12-,13-,14+,15+/m0/s1. The van der Waals surface area contributed by atoms with Gasteiger partial charge in [0.15, 0.2) is 12.4 Å². The molecule has 118 valence electrons. The summed E-state index contributed by atoms with van der Waals surface area (Å²) in [4.78, 5) is 25.7. The van der Waals surface area contributed by atoms with Gasteiger partial charge in [-0.05, 0) is 12.1 Å². The molecule has 22 heavy (non-hydrogen) atoms. The van der Waals surface area contributed by atoms with E-state index in [1.165, 1.54) is 6.92 Å². The van der Waals surface area contributed by atoms with Crippen LogP contribution in [0.3, 0.4) is 0 Å². The second-order valence-corrected chi connectivity index (χ2v) is 5.55. The van der Waals surface area contributed by atoms with Crippen LogP contribution in [0.5, 0.6) is 0 Å². The summed E-state index contributed by atoms with van der Waals surface area (Å²) in [7, 11) is 1.57. The molecule has 2 aliphatic rings. The Kier molecular flexibility index (Phi) is 4.13. The highest BCUT2D eigenvalue weighted by molar-refractivity contribution is 5.89. The first-order valence-electron chi connectivity index (χ1n) is 7.31. The minimum absolute atomic E-state index is 0.0476. The van der Waals surface area contributed by atoms with E-state index in [0.29, 0.717) is 18.5 Å². The van der Waals surface area contributed by atoms with Crippen LogP contribution in [0.25, 0.3) is 0 Å². The summed E-state index contributed by atoms with van der Waals surface area (Å²) in [6.45, 7) is 1.94. The maximum absolute atomic E-state index is 12.2. The van der Waals surface area contributed by atoms with Crippen molar-refractivity contribution in [3.05, 3.63) is 35.9 Å². The first kappa shape index (κ1) is 15.0. The Bertz CT molecular complexity index is 561. The fourth-order valence-electron chi connectivity index (χ4n) is 3.12. The van der Waals surface area contributed by atoms with Gasteiger partial charge in [-0.2, -0.15) is 0 Å². The molecule has 1 aromatic carbocycles. The van der Waals surface area contributed by atoms with Crippen LogP contribution in [-0.2, 0) is 19.0 Å². The molecule has 2 fully saturated rings. The van der Waals surface area contributed by atoms with Crippen molar-refractivity contribution in [2.45, 2.75) is 37.9 Å². The second-order valence-electron chi connectivity index (χ2n) is 5.55. The van der Waals surface area contributed by atoms with E-state index in [9.17, 15) is 9.59 Å². The van der Waals surface area contributed by atoms with Crippen LogP contribution in [0.2, 0.25) is 0 Å². The van der Waals surface area contributed by atoms with Crippen molar-refractivity contribution < 1.29 is 23.8 Å². The van der Waals surface area contributed by atoms with Crippen molar-refractivity contribution in [3.8, 4) is 0 Å². The number of hydrogen-bond donors (Lipinski definition) is 0. The minimum atomic E-state index is -0.456. The Labute approximate surface area is 128 Å². The number of methoxy groups -OCH3 is 1. The van der Waals surface area contributed by atoms with Gasteiger partial charge in [-0.3, -0.25) is 4.79 Å². The van der Waals surface area contributed by atoms with Gasteiger partial charge in [0.2, 0.25) is 5.91 Å². The van der Waals surface area contributed by atoms with Crippen LogP contribution in [0, 0.1) is 0 Å². The van der Waals surface area contributed by atoms with Crippen molar-refractivity contribution in [2.24, 2.45) is 0 Å². The molecule has 2 heterocycles. The summed E-state index contributed by atoms with van der Waals surface area (Å²) in [5, 5.41) is 0. The Morgan fingerprint density at radius 1 is 1.27 bits per heavy atom. The predicted molar refractivity (Wildman–Crippen MR) is 77.1 cm³/mol. The number of benzene rings is 1. The van der Waals surface area contributed by atoms with Crippen LogP contribution in [-0.4, -0.2) is 55.0 Å². The minimum Gasteiger partial charge on any atom is -0.454 e. The van der Waals surface area contributed by atoms with E-state index in [1.807, 2.05) is 6.07 Å². The largest absolute Gasteiger partial charge is 0.454 e. The topological polar surface area (TPSA) is 65.1 Å². The number of likely N-dealkylation sites (tertiary alicyclic amines) is 1. The Balaban J connectivity index is 1.76. The fraction of sp³-hybridized carbons (Fsp3) is 0.500. The molecule has 2 aliphatic heterocycles. The van der Waals surface area contributed by atoms with Crippen LogP contribution < -0.4 is 0 Å². The van der Waals surface area contributed by atoms with E-state index in [-0.39, 0.29) is 24.3 Å². The summed E-state index contributed by atoms with van der Waals surface area (Å²) in [5.74, 6) is -0.445. The lowest BCUT2D eigenvalue weighted by atomic mass is 10.0. The van der Waals surface area contributed by atoms with Gasteiger partial charge in [0.25, 0.3) is 0 Å². The molecule has 0 saturated carbocycles. The summed E-state index contributed by atoms with van der Waals surface area (Å²) in [6.07, 6.45) is -0.673. The molecule has 0 aromatic heterocycles. The number of hydrogen-bond acceptors (Lipinski definition) is 5. The first-order chi connectivity index (χ1) is 10.6. The average Bonchev–Trinajstić information content (AvgIpc) is 2.74. The molecule has 0 radical (unpaired) electrons. The monoisotopic (exact) mass is 305 g/mol. The lowest BCUT2D eigenvalue weighted by molar-refractivity contribution is -0.200. The van der Waals surface area contributed by atoms with E-state index in [4.69, 9.17) is 14.2 Å². The highest BCUT2D eigenvalue weighted by Crippen LogP contribution is 2.34. The van der Waals surface area contributed by atoms with Crippen LogP contribution in [0.15, 0.2) is 30.3 Å². The maximum Gasteiger partial charge on any atom is 0.338 e. The van der Waals surface area contributed by atoms with Gasteiger partial charge in [0.05, 0.1) is 18.2 Å². The summed E-state index contributed by atoms with van der Waals surface area (Å²) < 4.78 is 16.6. The number of carbonyl (C=O) groups is 2. The van der Waals surface area contributed by atoms with Gasteiger partial charge in [-0.15, -0.1) is 0 Å². The smallest absolute Gasteiger partial charge is 0.338 e. The van der Waals surface area contributed by atoms with Gasteiger partial charge < -0.3 is 19.1 Å². The first-order valence-corrected chi connectivity index (χ1v) is 7.31. The zero-order chi connectivity index (χ0) is 15.7. The molecule has 0 aliphatic carbocycles. The van der Waals surface area contributed by atoms with Gasteiger partial charge in [-0.1, -0.05) is 18.2 Å². The third-order valence-corrected chi connectivity index (χ3v) is 4.20. The third kappa shape index (κ3) is 2.71. The number of rotatable bonds is 3. The zero-order valence-corrected chi connectivity index (χ0v) is 12.6. The normalized spacial score (nSPS) is 30.2. The van der Waals surface area contributed by atoms with Crippen molar-refractivity contribution in [3.63, 3.8) is 0 Å². The van der Waals surface area contributed by atoms with Gasteiger partial charge >= 0.3 is 5.97 Å². The number of nitrogens with zero attached hydrogens (tertiary/aromatic N) is 1. The Morgan fingerprint density at radius 2 is 2.00 bits per heavy atom. The molecule has 1 amide bonds. The third-order valence-electron chi connectivity index (χ3n) is 4.20.